The van der Waals surface area contributed by atoms with Gasteiger partial charge in [-0.15, -0.1) is 0 Å². The number of carbonyl (C=O) groups excluding carboxylic acids is 3. The Morgan fingerprint density at radius 3 is 2.23 bits per heavy atom. The molecule has 0 aliphatic carbocycles. The summed E-state index contributed by atoms with van der Waals surface area (Å²) in [6.07, 6.45) is 6.20. The molecule has 5 N–H and O–H groups in total. The van der Waals surface area contributed by atoms with Crippen molar-refractivity contribution in [3.63, 3.8) is 0 Å². The zero-order valence-corrected chi connectivity index (χ0v) is 44.4. The van der Waals surface area contributed by atoms with Gasteiger partial charge in [0.05, 0.1) is 54.4 Å². The molecule has 18 nitrogen and oxygen atoms in total. The second-order valence-electron chi connectivity index (χ2n) is 22.1. The van der Waals surface area contributed by atoms with Crippen molar-refractivity contribution in [1.82, 2.24) is 14.7 Å². The number of carbonyl (C=O) groups is 3. The Labute approximate surface area is 428 Å². The molecule has 7 aliphatic rings. The zero-order valence-electron chi connectivity index (χ0n) is 44.4. The average Bonchev–Trinajstić information content (AvgIpc) is 3.87. The van der Waals surface area contributed by atoms with Crippen LogP contribution >= 0.6 is 0 Å². The number of aliphatic hydroxyl groups is 2. The van der Waals surface area contributed by atoms with Crippen LogP contribution in [0, 0.1) is 42.4 Å². The number of benzene rings is 2. The van der Waals surface area contributed by atoms with Crippen molar-refractivity contribution in [1.29, 1.82) is 0 Å². The number of methoxy groups -OCH3 is 1. The maximum Gasteiger partial charge on any atom is 0.410 e. The van der Waals surface area contributed by atoms with E-state index in [9.17, 15) is 34.8 Å². The Morgan fingerprint density at radius 1 is 0.890 bits per heavy atom. The van der Waals surface area contributed by atoms with Gasteiger partial charge in [0, 0.05) is 119 Å². The van der Waals surface area contributed by atoms with Crippen molar-refractivity contribution in [2.24, 2.45) is 45.5 Å². The zero-order chi connectivity index (χ0) is 52.7. The van der Waals surface area contributed by atoms with Crippen molar-refractivity contribution >= 4 is 34.2 Å². The number of hydrogen-bond acceptors (Lipinski definition) is 16. The fourth-order valence-electron chi connectivity index (χ4n) is 11.7. The molecule has 2 amide bonds. The molecule has 73 heavy (non-hydrogen) atoms. The lowest BCUT2D eigenvalue weighted by Gasteiger charge is -2.40. The Kier molecular flexibility index (Phi) is 16.3. The number of rotatable bonds is 6. The van der Waals surface area contributed by atoms with E-state index in [-0.39, 0.29) is 49.7 Å². The van der Waals surface area contributed by atoms with E-state index in [0.717, 1.165) is 65.3 Å². The molecular formula is C55H78N6O12. The summed E-state index contributed by atoms with van der Waals surface area (Å²) in [7, 11) is 1.50. The van der Waals surface area contributed by atoms with E-state index in [1.807, 2.05) is 6.92 Å². The van der Waals surface area contributed by atoms with E-state index >= 15 is 0 Å². The molecular weight excluding hydrogens is 937 g/mol. The van der Waals surface area contributed by atoms with Crippen LogP contribution in [0.2, 0.25) is 0 Å². The van der Waals surface area contributed by atoms with Crippen molar-refractivity contribution in [2.45, 2.75) is 124 Å². The summed E-state index contributed by atoms with van der Waals surface area (Å²) < 4.78 is 30.6. The van der Waals surface area contributed by atoms with Crippen LogP contribution in [0.25, 0.3) is 10.8 Å². The lowest BCUT2D eigenvalue weighted by atomic mass is 9.78. The molecule has 1 spiro atoms. The lowest BCUT2D eigenvalue weighted by molar-refractivity contribution is -0.114. The van der Waals surface area contributed by atoms with Crippen molar-refractivity contribution in [2.75, 3.05) is 78.0 Å². The van der Waals surface area contributed by atoms with Crippen molar-refractivity contribution in [3.05, 3.63) is 58.0 Å². The molecule has 2 aromatic carbocycles. The molecule has 18 heteroatoms. The highest BCUT2D eigenvalue weighted by Gasteiger charge is 2.51. The Balaban J connectivity index is 1.17. The van der Waals surface area contributed by atoms with Crippen LogP contribution in [0.4, 0.5) is 10.5 Å². The first-order chi connectivity index (χ1) is 34.7. The number of fused-ring (bicyclic) bond motifs is 13. The summed E-state index contributed by atoms with van der Waals surface area (Å²) in [6, 6.07) is 0. The molecule has 0 aromatic heterocycles. The number of ketones is 1. The third-order valence-corrected chi connectivity index (χ3v) is 16.3. The minimum absolute atomic E-state index is 0.0558. The van der Waals surface area contributed by atoms with Gasteiger partial charge in [-0.05, 0) is 44.6 Å². The summed E-state index contributed by atoms with van der Waals surface area (Å²) >= 11 is 0. The largest absolute Gasteiger partial charge is 0.507 e. The smallest absolute Gasteiger partial charge is 0.410 e. The normalized spacial score (nSPS) is 32.3. The van der Waals surface area contributed by atoms with Gasteiger partial charge in [0.2, 0.25) is 0 Å². The minimum Gasteiger partial charge on any atom is -0.507 e. The maximum absolute atomic E-state index is 15.0. The number of amides is 2. The van der Waals surface area contributed by atoms with Crippen molar-refractivity contribution in [3.8, 4) is 17.2 Å². The molecule has 3 saturated heterocycles. The summed E-state index contributed by atoms with van der Waals surface area (Å²) in [5, 5.41) is 51.7. The second-order valence-corrected chi connectivity index (χ2v) is 22.1. The van der Waals surface area contributed by atoms with E-state index in [4.69, 9.17) is 28.7 Å². The monoisotopic (exact) mass is 1010 g/mol. The van der Waals surface area contributed by atoms with E-state index in [1.165, 1.54) is 20.3 Å². The number of phenols is 2. The number of morpholine rings is 1. The highest BCUT2D eigenvalue weighted by Crippen LogP contribution is 2.51. The van der Waals surface area contributed by atoms with Crippen LogP contribution in [0.3, 0.4) is 0 Å². The summed E-state index contributed by atoms with van der Waals surface area (Å²) in [5.74, 6) is -5.72. The highest BCUT2D eigenvalue weighted by atomic mass is 16.7. The molecule has 0 unspecified atom stereocenters. The van der Waals surface area contributed by atoms with Crippen LogP contribution < -0.4 is 20.8 Å². The van der Waals surface area contributed by atoms with E-state index in [2.05, 4.69) is 34.0 Å². The third-order valence-electron chi connectivity index (χ3n) is 16.3. The van der Waals surface area contributed by atoms with Crippen LogP contribution in [0.15, 0.2) is 46.1 Å². The summed E-state index contributed by atoms with van der Waals surface area (Å²) in [4.78, 5) is 59.3. The van der Waals surface area contributed by atoms with Crippen LogP contribution in [0.5, 0.6) is 17.2 Å². The number of nitrogens with one attached hydrogen (secondary N) is 1. The fourth-order valence-corrected chi connectivity index (χ4v) is 11.7. The van der Waals surface area contributed by atoms with Gasteiger partial charge in [-0.1, -0.05) is 59.8 Å². The number of anilines is 1. The quantitative estimate of drug-likeness (QED) is 0.230. The van der Waals surface area contributed by atoms with Gasteiger partial charge in [0.25, 0.3) is 11.7 Å². The third kappa shape index (κ3) is 10.9. The molecule has 7 aliphatic heterocycles. The van der Waals surface area contributed by atoms with Gasteiger partial charge >= 0.3 is 11.9 Å². The molecule has 0 saturated carbocycles. The van der Waals surface area contributed by atoms with Crippen LogP contribution in [0.1, 0.15) is 97.0 Å². The number of aromatic hydroxyl groups is 2. The first-order valence-electron chi connectivity index (χ1n) is 26.3. The first kappa shape index (κ1) is 54.2. The number of phenolic OH excluding ortho intramolecular Hbond substituents is 2. The molecule has 7 heterocycles. The SMILES string of the molecule is CO[C@H]1/C=C/O[C@@]2(C)Oc3c(C)c(O)c4c(O)c(c5c(c4c3C2=O)NC2(CCN(CC(C)C)CC2)N=5)=NC(=O)/C(C)=C\C=C\[C@H](C)[C@H](O)[C@@H](C)[C@@H](O)[C@@H](C)[C@H](OC(=O)N2CCC(CN3CCOCC3)CC2)[C@@H]1C. The Morgan fingerprint density at radius 2 is 1.58 bits per heavy atom. The predicted octanol–water partition coefficient (Wildman–Crippen LogP) is 5.37. The number of Topliss-reactive ketones (excluding diaryl/α,β-unsaturated/α-hetero) is 1. The van der Waals surface area contributed by atoms with E-state index < -0.39 is 83.1 Å². The topological polar surface area (TPSA) is 225 Å². The molecule has 3 fully saturated rings. The van der Waals surface area contributed by atoms with Gasteiger partial charge in [-0.3, -0.25) is 19.5 Å². The van der Waals surface area contributed by atoms with E-state index in [0.29, 0.717) is 43.5 Å². The van der Waals surface area contributed by atoms with Gasteiger partial charge in [0.15, 0.2) is 5.75 Å². The standard InChI is InChI=1S/C55H78N6O12/c1-30(2)28-59-21-17-55(18-22-59)57-42-39-40-47(64)36(8)50-41(39)51(66)54(9,73-50)71-25-16-38(69-10)33(5)49(72-53(68)61-19-14-37(15-20-61)29-60-23-26-70-27-24-60)35(7)46(63)34(6)45(62)31(3)12-11-13-32(4)52(67)56-44(48(40)65)43(42)58-55/h11-13,16,25,30-31,33-35,37-38,45-46,49,57,62-65H,14-15,17-24,26-29H2,1-10H3/b12-11+,25-16+,32-13-,56-44?/t31-,33+,34+,35+,38-,45-,46+,49+,54-/m0/s1. The molecule has 9 atom stereocenters. The highest BCUT2D eigenvalue weighted by molar-refractivity contribution is 6.21. The maximum atomic E-state index is 15.0. The molecule has 0 radical (unpaired) electrons. The Hall–Kier alpha value is -5.11. The van der Waals surface area contributed by atoms with E-state index in [1.54, 1.807) is 63.8 Å². The van der Waals surface area contributed by atoms with Crippen molar-refractivity contribution < 1.29 is 58.5 Å². The minimum atomic E-state index is -1.97. The molecule has 5 bridgehead atoms. The number of allylic oxidation sites excluding steroid dienone is 2. The van der Waals surface area contributed by atoms with Gasteiger partial charge in [-0.25, -0.2) is 9.79 Å². The average molecular weight is 1020 g/mol. The lowest BCUT2D eigenvalue weighted by Crippen LogP contribution is -2.49. The molecule has 9 rings (SSSR count). The number of aliphatic hydroxyl groups excluding tert-OH is 2. The van der Waals surface area contributed by atoms with Gasteiger partial charge in [0.1, 0.15) is 34.0 Å². The second kappa shape index (κ2) is 22.0. The molecule has 2 aromatic rings. The number of likely N-dealkylation sites (tertiary alicyclic amines) is 2. The van der Waals surface area contributed by atoms with Crippen LogP contribution in [-0.4, -0.2) is 161 Å². The number of ether oxygens (including phenoxy) is 5. The molecule has 400 valence electrons. The van der Waals surface area contributed by atoms with Crippen LogP contribution in [-0.2, 0) is 23.7 Å². The summed E-state index contributed by atoms with van der Waals surface area (Å²) in [6.45, 7) is 23.7. The number of nitrogens with zero attached hydrogens (tertiary/aromatic N) is 5. The number of hydrogen-bond donors (Lipinski definition) is 5. The Bertz CT molecular complexity index is 2630. The predicted molar refractivity (Wildman–Crippen MR) is 274 cm³/mol. The fraction of sp³-hybridized carbons (Fsp3) is 0.655. The summed E-state index contributed by atoms with van der Waals surface area (Å²) in [5.41, 5.74) is -0.116. The van der Waals surface area contributed by atoms with Gasteiger partial charge in [-0.2, -0.15) is 0 Å². The number of piperidine rings is 2. The van der Waals surface area contributed by atoms with Gasteiger partial charge < -0.3 is 59.2 Å². The first-order valence-corrected chi connectivity index (χ1v) is 26.3.